The van der Waals surface area contributed by atoms with Crippen LogP contribution in [0.25, 0.3) is 0 Å². The van der Waals surface area contributed by atoms with Crippen LogP contribution in [-0.4, -0.2) is 41.6 Å². The first kappa shape index (κ1) is 22.3. The van der Waals surface area contributed by atoms with Gasteiger partial charge in [0.25, 0.3) is 0 Å². The molecule has 0 spiro atoms. The summed E-state index contributed by atoms with van der Waals surface area (Å²) in [7, 11) is 0. The summed E-state index contributed by atoms with van der Waals surface area (Å²) in [5.74, 6) is -2.30. The van der Waals surface area contributed by atoms with Crippen molar-refractivity contribution in [2.75, 3.05) is 19.7 Å². The number of nitrogens with zero attached hydrogens (tertiary/aromatic N) is 1. The smallest absolute Gasteiger partial charge is 0.339 e. The molecule has 0 saturated carbocycles. The molecule has 6 heteroatoms. The molecule has 1 N–H and O–H groups in total. The lowest BCUT2D eigenvalue weighted by molar-refractivity contribution is -0.141. The number of rotatable bonds is 8. The highest BCUT2D eigenvalue weighted by Gasteiger charge is 2.40. The van der Waals surface area contributed by atoms with Crippen molar-refractivity contribution in [3.8, 4) is 0 Å². The van der Waals surface area contributed by atoms with Crippen molar-refractivity contribution in [3.63, 3.8) is 0 Å². The van der Waals surface area contributed by atoms with Gasteiger partial charge in [-0.3, -0.25) is 9.69 Å². The van der Waals surface area contributed by atoms with Crippen molar-refractivity contribution in [1.29, 1.82) is 0 Å². The summed E-state index contributed by atoms with van der Waals surface area (Å²) in [6.45, 7) is 5.69. The quantitative estimate of drug-likeness (QED) is 0.612. The Bertz CT molecular complexity index is 900. The van der Waals surface area contributed by atoms with Gasteiger partial charge in [0, 0.05) is 25.6 Å². The zero-order valence-electron chi connectivity index (χ0n) is 17.4. The summed E-state index contributed by atoms with van der Waals surface area (Å²) in [6, 6.07) is 13.7. The standard InChI is InChI=1S/C24H28ClNO4/c1-3-8-17-11-18(22(21(25)12-17)24(29)30-4-2)19-14-26(15-20(19)23(27)28)13-16-9-6-5-7-10-16/h5-7,9-12,19-20H,3-4,8,13-15H2,1-2H3,(H,27,28). The number of benzene rings is 2. The van der Waals surface area contributed by atoms with Crippen LogP contribution in [0.5, 0.6) is 0 Å². The van der Waals surface area contributed by atoms with Gasteiger partial charge in [0.2, 0.25) is 0 Å². The molecule has 5 nitrogen and oxygen atoms in total. The van der Waals surface area contributed by atoms with Gasteiger partial charge < -0.3 is 9.84 Å². The molecule has 0 amide bonds. The number of carboxylic acids is 1. The number of aryl methyl sites for hydroxylation is 1. The van der Waals surface area contributed by atoms with E-state index in [2.05, 4.69) is 11.8 Å². The van der Waals surface area contributed by atoms with Crippen molar-refractivity contribution in [2.24, 2.45) is 5.92 Å². The lowest BCUT2D eigenvalue weighted by Gasteiger charge is -2.21. The van der Waals surface area contributed by atoms with Gasteiger partial charge in [-0.25, -0.2) is 4.79 Å². The topological polar surface area (TPSA) is 66.8 Å². The molecular weight excluding hydrogens is 402 g/mol. The molecule has 2 aromatic carbocycles. The van der Waals surface area contributed by atoms with Crippen LogP contribution in [0.1, 0.15) is 53.2 Å². The number of carboxylic acid groups (broad SMARTS) is 1. The Morgan fingerprint density at radius 2 is 1.87 bits per heavy atom. The van der Waals surface area contributed by atoms with Crippen LogP contribution in [0.4, 0.5) is 0 Å². The van der Waals surface area contributed by atoms with E-state index in [9.17, 15) is 14.7 Å². The second-order valence-corrected chi connectivity index (χ2v) is 8.15. The van der Waals surface area contributed by atoms with E-state index >= 15 is 0 Å². The molecule has 0 bridgehead atoms. The van der Waals surface area contributed by atoms with Gasteiger partial charge in [-0.05, 0) is 36.1 Å². The molecule has 0 aliphatic carbocycles. The van der Waals surface area contributed by atoms with E-state index < -0.39 is 17.9 Å². The number of aliphatic carboxylic acids is 1. The predicted octanol–water partition coefficient (Wildman–Crippen LogP) is 4.77. The molecule has 3 rings (SSSR count). The number of carbonyl (C=O) groups is 2. The van der Waals surface area contributed by atoms with Gasteiger partial charge in [0.15, 0.2) is 0 Å². The van der Waals surface area contributed by atoms with E-state index in [1.165, 1.54) is 0 Å². The van der Waals surface area contributed by atoms with E-state index in [0.717, 1.165) is 24.0 Å². The van der Waals surface area contributed by atoms with Crippen LogP contribution in [0, 0.1) is 5.92 Å². The van der Waals surface area contributed by atoms with Crippen molar-refractivity contribution in [1.82, 2.24) is 4.90 Å². The maximum atomic E-state index is 12.7. The average Bonchev–Trinajstić information content (AvgIpc) is 3.12. The second kappa shape index (κ2) is 10.1. The summed E-state index contributed by atoms with van der Waals surface area (Å²) in [6.07, 6.45) is 1.75. The lowest BCUT2D eigenvalue weighted by Crippen LogP contribution is -2.24. The van der Waals surface area contributed by atoms with E-state index in [1.807, 2.05) is 36.4 Å². The van der Waals surface area contributed by atoms with Crippen LogP contribution in [0.3, 0.4) is 0 Å². The van der Waals surface area contributed by atoms with Gasteiger partial charge in [0.05, 0.1) is 23.1 Å². The fraction of sp³-hybridized carbons (Fsp3) is 0.417. The van der Waals surface area contributed by atoms with E-state index in [0.29, 0.717) is 35.8 Å². The monoisotopic (exact) mass is 429 g/mol. The molecule has 0 aromatic heterocycles. The first-order chi connectivity index (χ1) is 14.4. The second-order valence-electron chi connectivity index (χ2n) is 7.74. The SMILES string of the molecule is CCCc1cc(Cl)c(C(=O)OCC)c(C2CN(Cc3ccccc3)CC2C(=O)O)c1. The molecule has 30 heavy (non-hydrogen) atoms. The Morgan fingerprint density at radius 3 is 2.50 bits per heavy atom. The Balaban J connectivity index is 1.99. The summed E-state index contributed by atoms with van der Waals surface area (Å²) < 4.78 is 5.24. The number of carbonyl (C=O) groups excluding carboxylic acids is 1. The van der Waals surface area contributed by atoms with Crippen molar-refractivity contribution >= 4 is 23.5 Å². The average molecular weight is 430 g/mol. The number of hydrogen-bond acceptors (Lipinski definition) is 4. The molecule has 160 valence electrons. The maximum Gasteiger partial charge on any atom is 0.339 e. The van der Waals surface area contributed by atoms with E-state index in [-0.39, 0.29) is 12.5 Å². The van der Waals surface area contributed by atoms with Gasteiger partial charge in [-0.1, -0.05) is 61.3 Å². The number of halogens is 1. The Morgan fingerprint density at radius 1 is 1.13 bits per heavy atom. The third kappa shape index (κ3) is 5.02. The first-order valence-electron chi connectivity index (χ1n) is 10.4. The molecule has 1 fully saturated rings. The fourth-order valence-corrected chi connectivity index (χ4v) is 4.58. The highest BCUT2D eigenvalue weighted by molar-refractivity contribution is 6.33. The molecule has 0 radical (unpaired) electrons. The minimum atomic E-state index is -0.859. The molecule has 1 aliphatic heterocycles. The number of likely N-dealkylation sites (tertiary alicyclic amines) is 1. The summed E-state index contributed by atoms with van der Waals surface area (Å²) in [4.78, 5) is 26.9. The van der Waals surface area contributed by atoms with Crippen LogP contribution < -0.4 is 0 Å². The normalized spacial score (nSPS) is 19.0. The molecule has 1 saturated heterocycles. The van der Waals surface area contributed by atoms with Gasteiger partial charge in [-0.15, -0.1) is 0 Å². The minimum absolute atomic E-state index is 0.235. The summed E-state index contributed by atoms with van der Waals surface area (Å²) in [5.41, 5.74) is 3.13. The van der Waals surface area contributed by atoms with E-state index in [4.69, 9.17) is 16.3 Å². The molecule has 1 aliphatic rings. The number of ether oxygens (including phenoxy) is 1. The van der Waals surface area contributed by atoms with Gasteiger partial charge in [0.1, 0.15) is 0 Å². The molecule has 2 aromatic rings. The maximum absolute atomic E-state index is 12.7. The van der Waals surface area contributed by atoms with Gasteiger partial charge >= 0.3 is 11.9 Å². The third-order valence-electron chi connectivity index (χ3n) is 5.56. The first-order valence-corrected chi connectivity index (χ1v) is 10.8. The molecule has 2 unspecified atom stereocenters. The van der Waals surface area contributed by atoms with Crippen LogP contribution in [-0.2, 0) is 22.5 Å². The molecule has 2 atom stereocenters. The zero-order chi connectivity index (χ0) is 21.7. The van der Waals surface area contributed by atoms with Crippen molar-refractivity contribution in [3.05, 3.63) is 69.7 Å². The fourth-order valence-electron chi connectivity index (χ4n) is 4.25. The summed E-state index contributed by atoms with van der Waals surface area (Å²) in [5, 5.41) is 10.3. The van der Waals surface area contributed by atoms with Gasteiger partial charge in [-0.2, -0.15) is 0 Å². The minimum Gasteiger partial charge on any atom is -0.481 e. The number of hydrogen-bond donors (Lipinski definition) is 1. The van der Waals surface area contributed by atoms with Crippen molar-refractivity contribution in [2.45, 2.75) is 39.2 Å². The summed E-state index contributed by atoms with van der Waals surface area (Å²) >= 11 is 6.51. The molecular formula is C24H28ClNO4. The Hall–Kier alpha value is -2.37. The van der Waals surface area contributed by atoms with Crippen LogP contribution in [0.15, 0.2) is 42.5 Å². The third-order valence-corrected chi connectivity index (χ3v) is 5.86. The Kier molecular flexibility index (Phi) is 7.51. The van der Waals surface area contributed by atoms with Crippen LogP contribution >= 0.6 is 11.6 Å². The van der Waals surface area contributed by atoms with Crippen molar-refractivity contribution < 1.29 is 19.4 Å². The molecule has 1 heterocycles. The number of esters is 1. The predicted molar refractivity (Wildman–Crippen MR) is 117 cm³/mol. The largest absolute Gasteiger partial charge is 0.481 e. The highest BCUT2D eigenvalue weighted by atomic mass is 35.5. The van der Waals surface area contributed by atoms with E-state index in [1.54, 1.807) is 13.0 Å². The Labute approximate surface area is 182 Å². The highest BCUT2D eigenvalue weighted by Crippen LogP contribution is 2.38. The zero-order valence-corrected chi connectivity index (χ0v) is 18.2. The van der Waals surface area contributed by atoms with Crippen LogP contribution in [0.2, 0.25) is 5.02 Å². The lowest BCUT2D eigenvalue weighted by atomic mass is 9.84.